The minimum absolute atomic E-state index is 0.0196. The second kappa shape index (κ2) is 8.11. The van der Waals surface area contributed by atoms with E-state index in [9.17, 15) is 9.90 Å². The Morgan fingerprint density at radius 2 is 2.00 bits per heavy atom. The van der Waals surface area contributed by atoms with Crippen LogP contribution >= 0.6 is 0 Å². The van der Waals surface area contributed by atoms with Gasteiger partial charge in [0.25, 0.3) is 0 Å². The highest BCUT2D eigenvalue weighted by atomic mass is 16.3. The van der Waals surface area contributed by atoms with E-state index in [0.717, 1.165) is 31.3 Å². The highest BCUT2D eigenvalue weighted by Gasteiger charge is 2.36. The van der Waals surface area contributed by atoms with Crippen LogP contribution in [0.15, 0.2) is 54.6 Å². The molecule has 0 spiro atoms. The van der Waals surface area contributed by atoms with Crippen molar-refractivity contribution in [2.24, 2.45) is 0 Å². The van der Waals surface area contributed by atoms with E-state index in [1.807, 2.05) is 25.1 Å². The van der Waals surface area contributed by atoms with Crippen molar-refractivity contribution >= 4 is 5.91 Å². The zero-order valence-electron chi connectivity index (χ0n) is 13.9. The summed E-state index contributed by atoms with van der Waals surface area (Å²) in [6.45, 7) is 6.25. The summed E-state index contributed by atoms with van der Waals surface area (Å²) in [5.41, 5.74) is 1.92. The van der Waals surface area contributed by atoms with Gasteiger partial charge in [0, 0.05) is 17.5 Å². The normalized spacial score (nSPS) is 25.0. The number of aliphatic hydroxyl groups excluding tert-OH is 1. The Morgan fingerprint density at radius 3 is 2.57 bits per heavy atom. The molecule has 1 amide bonds. The van der Waals surface area contributed by atoms with Gasteiger partial charge >= 0.3 is 0 Å². The van der Waals surface area contributed by atoms with E-state index in [2.05, 4.69) is 24.0 Å². The van der Waals surface area contributed by atoms with E-state index in [0.29, 0.717) is 13.0 Å². The zero-order valence-corrected chi connectivity index (χ0v) is 13.9. The molecular weight excluding hydrogens is 286 g/mol. The second-order valence-corrected chi connectivity index (χ2v) is 6.34. The molecule has 0 aliphatic heterocycles. The van der Waals surface area contributed by atoms with Gasteiger partial charge in [-0.25, -0.2) is 0 Å². The number of nitrogens with one attached hydrogen (secondary N) is 1. The van der Waals surface area contributed by atoms with Gasteiger partial charge in [-0.2, -0.15) is 0 Å². The van der Waals surface area contributed by atoms with Crippen molar-refractivity contribution in [2.45, 2.75) is 50.5 Å². The summed E-state index contributed by atoms with van der Waals surface area (Å²) in [6, 6.07) is 10.3. The predicted molar refractivity (Wildman–Crippen MR) is 94.2 cm³/mol. The van der Waals surface area contributed by atoms with Crippen molar-refractivity contribution in [1.29, 1.82) is 0 Å². The lowest BCUT2D eigenvalue weighted by Crippen LogP contribution is -2.44. The molecule has 0 unspecified atom stereocenters. The van der Waals surface area contributed by atoms with E-state index in [-0.39, 0.29) is 17.4 Å². The van der Waals surface area contributed by atoms with Crippen molar-refractivity contribution < 1.29 is 9.90 Å². The van der Waals surface area contributed by atoms with E-state index in [4.69, 9.17) is 0 Å². The first-order chi connectivity index (χ1) is 11.1. The van der Waals surface area contributed by atoms with Gasteiger partial charge in [-0.05, 0) is 37.7 Å². The summed E-state index contributed by atoms with van der Waals surface area (Å²) in [6.07, 6.45) is 7.26. The fraction of sp³-hybridized carbons (Fsp3) is 0.450. The number of amides is 1. The predicted octanol–water partition coefficient (Wildman–Crippen LogP) is 3.50. The topological polar surface area (TPSA) is 49.3 Å². The molecule has 0 radical (unpaired) electrons. The Bertz CT molecular complexity index is 554. The molecule has 1 aromatic carbocycles. The Morgan fingerprint density at radius 1 is 1.35 bits per heavy atom. The molecule has 1 saturated carbocycles. The summed E-state index contributed by atoms with van der Waals surface area (Å²) in [5.74, 6) is -0.0196. The average Bonchev–Trinajstić information content (AvgIpc) is 2.60. The second-order valence-electron chi connectivity index (χ2n) is 6.34. The SMILES string of the molecule is C=C/C=C(\CC)C(=O)NCC1(c2ccccc2)CCC(O)CC1. The molecule has 23 heavy (non-hydrogen) atoms. The molecule has 0 saturated heterocycles. The van der Waals surface area contributed by atoms with Gasteiger partial charge in [0.2, 0.25) is 5.91 Å². The van der Waals surface area contributed by atoms with Gasteiger partial charge in [0.15, 0.2) is 0 Å². The van der Waals surface area contributed by atoms with Gasteiger partial charge in [0.05, 0.1) is 6.10 Å². The summed E-state index contributed by atoms with van der Waals surface area (Å²) in [5, 5.41) is 13.0. The van der Waals surface area contributed by atoms with Crippen LogP contribution in [0.3, 0.4) is 0 Å². The van der Waals surface area contributed by atoms with Crippen LogP contribution in [0.2, 0.25) is 0 Å². The summed E-state index contributed by atoms with van der Waals surface area (Å²) in [4.78, 5) is 12.4. The lowest BCUT2D eigenvalue weighted by molar-refractivity contribution is -0.118. The number of rotatable bonds is 6. The fourth-order valence-electron chi connectivity index (χ4n) is 3.37. The first-order valence-corrected chi connectivity index (χ1v) is 8.44. The molecule has 0 atom stereocenters. The van der Waals surface area contributed by atoms with Crippen LogP contribution in [0.25, 0.3) is 0 Å². The van der Waals surface area contributed by atoms with Crippen molar-refractivity contribution in [3.8, 4) is 0 Å². The molecule has 1 aliphatic carbocycles. The molecule has 2 N–H and O–H groups in total. The van der Waals surface area contributed by atoms with E-state index in [1.165, 1.54) is 5.56 Å². The fourth-order valence-corrected chi connectivity index (χ4v) is 3.37. The maximum atomic E-state index is 12.4. The molecule has 1 aromatic rings. The highest BCUT2D eigenvalue weighted by molar-refractivity contribution is 5.93. The van der Waals surface area contributed by atoms with Crippen LogP contribution < -0.4 is 5.32 Å². The quantitative estimate of drug-likeness (QED) is 0.624. The first kappa shape index (κ1) is 17.5. The van der Waals surface area contributed by atoms with Gasteiger partial charge in [-0.15, -0.1) is 0 Å². The highest BCUT2D eigenvalue weighted by Crippen LogP contribution is 2.39. The number of carbonyl (C=O) groups excluding carboxylic acids is 1. The summed E-state index contributed by atoms with van der Waals surface area (Å²) < 4.78 is 0. The molecule has 3 nitrogen and oxygen atoms in total. The monoisotopic (exact) mass is 313 g/mol. The number of carbonyl (C=O) groups is 1. The third-order valence-corrected chi connectivity index (χ3v) is 4.88. The Kier molecular flexibility index (Phi) is 6.17. The van der Waals surface area contributed by atoms with Crippen molar-refractivity contribution in [1.82, 2.24) is 5.32 Å². The van der Waals surface area contributed by atoms with Crippen molar-refractivity contribution in [2.75, 3.05) is 6.54 Å². The largest absolute Gasteiger partial charge is 0.393 e. The molecule has 2 rings (SSSR count). The average molecular weight is 313 g/mol. The van der Waals surface area contributed by atoms with Crippen molar-refractivity contribution in [3.63, 3.8) is 0 Å². The minimum atomic E-state index is -0.214. The van der Waals surface area contributed by atoms with Gasteiger partial charge in [-0.1, -0.05) is 56.0 Å². The van der Waals surface area contributed by atoms with Crippen LogP contribution in [0.1, 0.15) is 44.6 Å². The molecular formula is C20H27NO2. The maximum Gasteiger partial charge on any atom is 0.247 e. The molecule has 1 fully saturated rings. The molecule has 1 aliphatic rings. The number of hydrogen-bond donors (Lipinski definition) is 2. The molecule has 3 heteroatoms. The summed E-state index contributed by atoms with van der Waals surface area (Å²) in [7, 11) is 0. The molecule has 124 valence electrons. The van der Waals surface area contributed by atoms with Gasteiger partial charge in [-0.3, -0.25) is 4.79 Å². The van der Waals surface area contributed by atoms with Crippen LogP contribution in [0, 0.1) is 0 Å². The van der Waals surface area contributed by atoms with Crippen molar-refractivity contribution in [3.05, 3.63) is 60.2 Å². The minimum Gasteiger partial charge on any atom is -0.393 e. The third kappa shape index (κ3) is 4.32. The summed E-state index contributed by atoms with van der Waals surface area (Å²) >= 11 is 0. The standard InChI is InChI=1S/C20H27NO2/c1-3-8-16(4-2)19(23)21-15-20(13-11-18(22)12-14-20)17-9-6-5-7-10-17/h3,5-10,18,22H,1,4,11-15H2,2H3,(H,21,23)/b16-8+. The van der Waals surface area contributed by atoms with E-state index in [1.54, 1.807) is 12.2 Å². The van der Waals surface area contributed by atoms with Gasteiger partial charge in [0.1, 0.15) is 0 Å². The zero-order chi connectivity index (χ0) is 16.7. The smallest absolute Gasteiger partial charge is 0.247 e. The van der Waals surface area contributed by atoms with Crippen LogP contribution in [0.4, 0.5) is 0 Å². The molecule has 0 bridgehead atoms. The Balaban J connectivity index is 2.15. The molecule has 0 heterocycles. The lowest BCUT2D eigenvalue weighted by atomic mass is 9.68. The lowest BCUT2D eigenvalue weighted by Gasteiger charge is -2.39. The van der Waals surface area contributed by atoms with Crippen LogP contribution in [-0.2, 0) is 10.2 Å². The first-order valence-electron chi connectivity index (χ1n) is 8.44. The molecule has 0 aromatic heterocycles. The number of hydrogen-bond acceptors (Lipinski definition) is 2. The van der Waals surface area contributed by atoms with Crippen LogP contribution in [-0.4, -0.2) is 23.7 Å². The van der Waals surface area contributed by atoms with Crippen LogP contribution in [0.5, 0.6) is 0 Å². The number of allylic oxidation sites excluding steroid dienone is 2. The maximum absolute atomic E-state index is 12.4. The Hall–Kier alpha value is -1.87. The number of aliphatic hydroxyl groups is 1. The Labute approximate surface area is 139 Å². The third-order valence-electron chi connectivity index (χ3n) is 4.88. The van der Waals surface area contributed by atoms with Gasteiger partial charge < -0.3 is 10.4 Å². The van der Waals surface area contributed by atoms with E-state index >= 15 is 0 Å². The number of benzene rings is 1. The van der Waals surface area contributed by atoms with E-state index < -0.39 is 0 Å².